The molecule has 1 amide bonds. The first-order chi connectivity index (χ1) is 9.06. The average Bonchev–Trinajstić information content (AvgIpc) is 2.42. The second-order valence-corrected chi connectivity index (χ2v) is 4.33. The van der Waals surface area contributed by atoms with E-state index >= 15 is 0 Å². The van der Waals surface area contributed by atoms with Crippen LogP contribution in [0.15, 0.2) is 30.3 Å². The number of para-hydroxylation sites is 1. The van der Waals surface area contributed by atoms with Crippen LogP contribution in [0.25, 0.3) is 0 Å². The maximum Gasteiger partial charge on any atom is 0.303 e. The fourth-order valence-electron chi connectivity index (χ4n) is 1.72. The normalized spacial score (nSPS) is 11.9. The molecule has 0 saturated carbocycles. The Kier molecular flexibility index (Phi) is 6.02. The molecule has 1 aromatic carbocycles. The van der Waals surface area contributed by atoms with Gasteiger partial charge in [0.15, 0.2) is 0 Å². The van der Waals surface area contributed by atoms with Crippen molar-refractivity contribution in [2.24, 2.45) is 0 Å². The maximum atomic E-state index is 12.3. The number of nitrogens with one attached hydrogen (secondary N) is 1. The Hall–Kier alpha value is -1.88. The number of aliphatic carboxylic acids is 1. The molecule has 1 atom stereocenters. The molecule has 1 unspecified atom stereocenters. The van der Waals surface area contributed by atoms with Gasteiger partial charge in [0.1, 0.15) is 0 Å². The fourth-order valence-corrected chi connectivity index (χ4v) is 1.72. The van der Waals surface area contributed by atoms with Crippen molar-refractivity contribution in [3.63, 3.8) is 0 Å². The van der Waals surface area contributed by atoms with Crippen molar-refractivity contribution in [3.8, 4) is 0 Å². The zero-order valence-electron chi connectivity index (χ0n) is 11.3. The molecule has 0 aromatic heterocycles. The zero-order valence-corrected chi connectivity index (χ0v) is 11.3. The highest BCUT2D eigenvalue weighted by Crippen LogP contribution is 2.15. The Bertz CT molecular complexity index is 420. The van der Waals surface area contributed by atoms with Crippen molar-refractivity contribution in [1.29, 1.82) is 0 Å². The SMILES string of the molecule is CNC(C)C(=O)N(CCCC(=O)O)c1ccccc1. The van der Waals surface area contributed by atoms with Gasteiger partial charge in [0.05, 0.1) is 6.04 Å². The van der Waals surface area contributed by atoms with Gasteiger partial charge in [0.2, 0.25) is 5.91 Å². The van der Waals surface area contributed by atoms with E-state index in [0.717, 1.165) is 5.69 Å². The maximum absolute atomic E-state index is 12.3. The molecule has 0 bridgehead atoms. The Balaban J connectivity index is 2.79. The molecule has 0 heterocycles. The molecule has 0 aliphatic rings. The second kappa shape index (κ2) is 7.53. The van der Waals surface area contributed by atoms with Crippen LogP contribution in [0.3, 0.4) is 0 Å². The number of nitrogens with zero attached hydrogens (tertiary/aromatic N) is 1. The Labute approximate surface area is 113 Å². The topological polar surface area (TPSA) is 69.6 Å². The number of carboxylic acids is 1. The molecule has 0 saturated heterocycles. The van der Waals surface area contributed by atoms with E-state index < -0.39 is 5.97 Å². The lowest BCUT2D eigenvalue weighted by Crippen LogP contribution is -2.44. The summed E-state index contributed by atoms with van der Waals surface area (Å²) in [6.07, 6.45) is 0.497. The van der Waals surface area contributed by atoms with E-state index in [4.69, 9.17) is 5.11 Å². The molecule has 5 heteroatoms. The lowest BCUT2D eigenvalue weighted by Gasteiger charge is -2.25. The lowest BCUT2D eigenvalue weighted by atomic mass is 10.2. The number of carbonyl (C=O) groups excluding carboxylic acids is 1. The van der Waals surface area contributed by atoms with E-state index in [1.54, 1.807) is 18.9 Å². The van der Waals surface area contributed by atoms with Gasteiger partial charge in [-0.3, -0.25) is 9.59 Å². The van der Waals surface area contributed by atoms with Crippen molar-refractivity contribution in [2.75, 3.05) is 18.5 Å². The van der Waals surface area contributed by atoms with Gasteiger partial charge in [0, 0.05) is 18.7 Å². The minimum absolute atomic E-state index is 0.0564. The first-order valence-electron chi connectivity index (χ1n) is 6.31. The fraction of sp³-hybridized carbons (Fsp3) is 0.429. The van der Waals surface area contributed by atoms with Gasteiger partial charge in [-0.05, 0) is 32.5 Å². The average molecular weight is 264 g/mol. The van der Waals surface area contributed by atoms with Crippen molar-refractivity contribution >= 4 is 17.6 Å². The van der Waals surface area contributed by atoms with E-state index in [1.807, 2.05) is 30.3 Å². The molecule has 0 radical (unpaired) electrons. The molecule has 2 N–H and O–H groups in total. The van der Waals surface area contributed by atoms with Crippen molar-refractivity contribution in [2.45, 2.75) is 25.8 Å². The number of anilines is 1. The van der Waals surface area contributed by atoms with Crippen LogP contribution in [-0.2, 0) is 9.59 Å². The standard InChI is InChI=1S/C14H20N2O3/c1-11(15-2)14(19)16(10-6-9-13(17)18)12-7-4-3-5-8-12/h3-5,7-8,11,15H,6,9-10H2,1-2H3,(H,17,18). The number of rotatable bonds is 7. The molecule has 0 aliphatic carbocycles. The third-order valence-corrected chi connectivity index (χ3v) is 2.91. The van der Waals surface area contributed by atoms with Gasteiger partial charge >= 0.3 is 5.97 Å². The number of carbonyl (C=O) groups is 2. The number of hydrogen-bond donors (Lipinski definition) is 2. The van der Waals surface area contributed by atoms with Gasteiger partial charge in [0.25, 0.3) is 0 Å². The molecular weight excluding hydrogens is 244 g/mol. The second-order valence-electron chi connectivity index (χ2n) is 4.33. The summed E-state index contributed by atoms with van der Waals surface area (Å²) < 4.78 is 0. The van der Waals surface area contributed by atoms with E-state index in [0.29, 0.717) is 13.0 Å². The van der Waals surface area contributed by atoms with Crippen LogP contribution in [0, 0.1) is 0 Å². The van der Waals surface area contributed by atoms with Gasteiger partial charge in [-0.2, -0.15) is 0 Å². The first kappa shape index (κ1) is 15.2. The number of benzene rings is 1. The molecule has 19 heavy (non-hydrogen) atoms. The number of hydrogen-bond acceptors (Lipinski definition) is 3. The van der Waals surface area contributed by atoms with Crippen LogP contribution in [0.1, 0.15) is 19.8 Å². The molecule has 1 aromatic rings. The largest absolute Gasteiger partial charge is 0.481 e. The summed E-state index contributed by atoms with van der Waals surface area (Å²) in [6.45, 7) is 2.19. The molecular formula is C14H20N2O3. The van der Waals surface area contributed by atoms with Gasteiger partial charge in [-0.15, -0.1) is 0 Å². The van der Waals surface area contributed by atoms with E-state index in [-0.39, 0.29) is 18.4 Å². The highest BCUT2D eigenvalue weighted by Gasteiger charge is 2.20. The minimum atomic E-state index is -0.845. The summed E-state index contributed by atoms with van der Waals surface area (Å²) >= 11 is 0. The predicted molar refractivity (Wildman–Crippen MR) is 74.2 cm³/mol. The molecule has 0 spiro atoms. The summed E-state index contributed by atoms with van der Waals surface area (Å²) in [4.78, 5) is 24.5. The van der Waals surface area contributed by atoms with Crippen LogP contribution in [0.2, 0.25) is 0 Å². The summed E-state index contributed by atoms with van der Waals surface area (Å²) in [7, 11) is 1.73. The van der Waals surface area contributed by atoms with Gasteiger partial charge in [-0.25, -0.2) is 0 Å². The third-order valence-electron chi connectivity index (χ3n) is 2.91. The molecule has 1 rings (SSSR count). The zero-order chi connectivity index (χ0) is 14.3. The van der Waals surface area contributed by atoms with Crippen molar-refractivity contribution in [1.82, 2.24) is 5.32 Å². The van der Waals surface area contributed by atoms with E-state index in [1.165, 1.54) is 0 Å². The van der Waals surface area contributed by atoms with Crippen LogP contribution in [0.5, 0.6) is 0 Å². The third kappa shape index (κ3) is 4.71. The Morgan fingerprint density at radius 2 is 1.95 bits per heavy atom. The smallest absolute Gasteiger partial charge is 0.303 e. The summed E-state index contributed by atoms with van der Waals surface area (Å²) in [5.74, 6) is -0.902. The van der Waals surface area contributed by atoms with Crippen molar-refractivity contribution < 1.29 is 14.7 Å². The van der Waals surface area contributed by atoms with Crippen molar-refractivity contribution in [3.05, 3.63) is 30.3 Å². The molecule has 5 nitrogen and oxygen atoms in total. The quantitative estimate of drug-likeness (QED) is 0.783. The first-order valence-corrected chi connectivity index (χ1v) is 6.31. The highest BCUT2D eigenvalue weighted by molar-refractivity contribution is 5.96. The van der Waals surface area contributed by atoms with E-state index in [2.05, 4.69) is 5.32 Å². The highest BCUT2D eigenvalue weighted by atomic mass is 16.4. The Morgan fingerprint density at radius 3 is 2.47 bits per heavy atom. The number of likely N-dealkylation sites (N-methyl/N-ethyl adjacent to an activating group) is 1. The van der Waals surface area contributed by atoms with Crippen LogP contribution in [-0.4, -0.2) is 36.6 Å². The number of amides is 1. The van der Waals surface area contributed by atoms with Crippen LogP contribution in [0.4, 0.5) is 5.69 Å². The summed E-state index contributed by atoms with van der Waals surface area (Å²) in [6, 6.07) is 8.99. The monoisotopic (exact) mass is 264 g/mol. The minimum Gasteiger partial charge on any atom is -0.481 e. The number of carboxylic acid groups (broad SMARTS) is 1. The van der Waals surface area contributed by atoms with Crippen LogP contribution >= 0.6 is 0 Å². The lowest BCUT2D eigenvalue weighted by molar-refractivity contribution is -0.137. The van der Waals surface area contributed by atoms with Gasteiger partial charge in [-0.1, -0.05) is 18.2 Å². The summed E-state index contributed by atoms with van der Waals surface area (Å²) in [5, 5.41) is 11.6. The molecule has 0 aliphatic heterocycles. The Morgan fingerprint density at radius 1 is 1.32 bits per heavy atom. The molecule has 0 fully saturated rings. The van der Waals surface area contributed by atoms with Gasteiger partial charge < -0.3 is 15.3 Å². The predicted octanol–water partition coefficient (Wildman–Crippen LogP) is 1.49. The van der Waals surface area contributed by atoms with Crippen LogP contribution < -0.4 is 10.2 Å². The molecule has 104 valence electrons. The summed E-state index contributed by atoms with van der Waals surface area (Å²) in [5.41, 5.74) is 0.792. The van der Waals surface area contributed by atoms with E-state index in [9.17, 15) is 9.59 Å².